The van der Waals surface area contributed by atoms with Crippen molar-refractivity contribution in [3.63, 3.8) is 0 Å². The van der Waals surface area contributed by atoms with E-state index >= 15 is 0 Å². The highest BCUT2D eigenvalue weighted by molar-refractivity contribution is 7.92. The van der Waals surface area contributed by atoms with Gasteiger partial charge in [0, 0.05) is 33.2 Å². The normalized spacial score (nSPS) is 13.1. The Morgan fingerprint density at radius 3 is 2.11 bits per heavy atom. The predicted molar refractivity (Wildman–Crippen MR) is 147 cm³/mol. The fraction of sp³-hybridized carbons (Fsp3) is 0.440. The lowest BCUT2D eigenvalue weighted by Gasteiger charge is -2.33. The van der Waals surface area contributed by atoms with Crippen molar-refractivity contribution in [1.29, 1.82) is 0 Å². The number of carbonyl (C=O) groups excluding carboxylic acids is 2. The van der Waals surface area contributed by atoms with Crippen molar-refractivity contribution in [1.82, 2.24) is 10.2 Å². The molecule has 0 saturated heterocycles. The van der Waals surface area contributed by atoms with Crippen LogP contribution in [0.5, 0.6) is 0 Å². The molecular formula is C25H32Cl3N3O4S. The van der Waals surface area contributed by atoms with Gasteiger partial charge in [-0.3, -0.25) is 13.9 Å². The average molecular weight is 577 g/mol. The SMILES string of the molecule is CCC(C)NC(=O)C(CC)N(Cc1c(Cl)cccc1Cl)C(=O)CN(c1ccc(C)c(Cl)c1)S(C)(=O)=O. The van der Waals surface area contributed by atoms with E-state index in [1.807, 2.05) is 13.8 Å². The number of rotatable bonds is 11. The van der Waals surface area contributed by atoms with Gasteiger partial charge in [-0.1, -0.05) is 60.8 Å². The zero-order valence-corrected chi connectivity index (χ0v) is 24.1. The third-order valence-electron chi connectivity index (χ3n) is 5.90. The summed E-state index contributed by atoms with van der Waals surface area (Å²) in [5, 5.41) is 3.95. The fourth-order valence-corrected chi connectivity index (χ4v) is 5.10. The monoisotopic (exact) mass is 575 g/mol. The topological polar surface area (TPSA) is 86.8 Å². The van der Waals surface area contributed by atoms with Crippen molar-refractivity contribution < 1.29 is 18.0 Å². The maximum Gasteiger partial charge on any atom is 0.244 e. The van der Waals surface area contributed by atoms with Gasteiger partial charge in [0.2, 0.25) is 21.8 Å². The summed E-state index contributed by atoms with van der Waals surface area (Å²) in [6, 6.07) is 8.74. The van der Waals surface area contributed by atoms with Crippen LogP contribution in [0.2, 0.25) is 15.1 Å². The van der Waals surface area contributed by atoms with E-state index in [0.29, 0.717) is 33.5 Å². The van der Waals surface area contributed by atoms with Gasteiger partial charge in [0.25, 0.3) is 0 Å². The van der Waals surface area contributed by atoms with E-state index < -0.39 is 28.5 Å². The fourth-order valence-electron chi connectivity index (χ4n) is 3.56. The summed E-state index contributed by atoms with van der Waals surface area (Å²) in [7, 11) is -3.87. The molecule has 2 aromatic carbocycles. The average Bonchev–Trinajstić information content (AvgIpc) is 2.80. The minimum absolute atomic E-state index is 0.0734. The number of carbonyl (C=O) groups is 2. The van der Waals surface area contributed by atoms with Crippen LogP contribution in [0.15, 0.2) is 36.4 Å². The third-order valence-corrected chi connectivity index (χ3v) is 8.16. The summed E-state index contributed by atoms with van der Waals surface area (Å²) in [6.45, 7) is 6.77. The molecule has 0 heterocycles. The summed E-state index contributed by atoms with van der Waals surface area (Å²) in [5.41, 5.74) is 1.48. The van der Waals surface area contributed by atoms with Crippen molar-refractivity contribution in [2.24, 2.45) is 0 Å². The number of nitrogens with zero attached hydrogens (tertiary/aromatic N) is 2. The first kappa shape index (κ1) is 30.2. The van der Waals surface area contributed by atoms with Gasteiger partial charge in [-0.15, -0.1) is 0 Å². The third kappa shape index (κ3) is 7.75. The quantitative estimate of drug-likeness (QED) is 0.386. The number of sulfonamides is 1. The first-order chi connectivity index (χ1) is 16.8. The van der Waals surface area contributed by atoms with E-state index in [2.05, 4.69) is 5.32 Å². The van der Waals surface area contributed by atoms with Crippen molar-refractivity contribution in [2.75, 3.05) is 17.1 Å². The molecule has 0 saturated carbocycles. The van der Waals surface area contributed by atoms with Crippen molar-refractivity contribution in [3.8, 4) is 0 Å². The molecule has 2 aromatic rings. The van der Waals surface area contributed by atoms with Crippen LogP contribution in [-0.2, 0) is 26.2 Å². The first-order valence-electron chi connectivity index (χ1n) is 11.6. The summed E-state index contributed by atoms with van der Waals surface area (Å²) in [5.74, 6) is -0.924. The van der Waals surface area contributed by atoms with E-state index in [1.54, 1.807) is 44.2 Å². The van der Waals surface area contributed by atoms with Crippen molar-refractivity contribution >= 4 is 62.3 Å². The van der Waals surface area contributed by atoms with Gasteiger partial charge in [0.05, 0.1) is 11.9 Å². The Kier molecular flexibility index (Phi) is 10.9. The molecule has 2 atom stereocenters. The Morgan fingerprint density at radius 2 is 1.61 bits per heavy atom. The molecule has 0 radical (unpaired) electrons. The maximum absolute atomic E-state index is 13.7. The molecule has 2 amide bonds. The van der Waals surface area contributed by atoms with Gasteiger partial charge in [0.15, 0.2) is 0 Å². The minimum atomic E-state index is -3.87. The van der Waals surface area contributed by atoms with Crippen molar-refractivity contribution in [2.45, 2.75) is 59.2 Å². The molecule has 0 aromatic heterocycles. The van der Waals surface area contributed by atoms with Crippen LogP contribution in [0, 0.1) is 6.92 Å². The van der Waals surface area contributed by atoms with E-state index in [4.69, 9.17) is 34.8 Å². The Bertz CT molecular complexity index is 1190. The second-order valence-corrected chi connectivity index (χ2v) is 11.8. The number of aryl methyl sites for hydroxylation is 1. The highest BCUT2D eigenvalue weighted by Gasteiger charge is 2.33. The lowest BCUT2D eigenvalue weighted by atomic mass is 10.1. The lowest BCUT2D eigenvalue weighted by Crippen LogP contribution is -2.53. The van der Waals surface area contributed by atoms with Crippen molar-refractivity contribution in [3.05, 3.63) is 62.6 Å². The van der Waals surface area contributed by atoms with Crippen LogP contribution in [0.25, 0.3) is 0 Å². The van der Waals surface area contributed by atoms with E-state index in [9.17, 15) is 18.0 Å². The summed E-state index contributed by atoms with van der Waals surface area (Å²) >= 11 is 19.0. The molecule has 0 spiro atoms. The number of benzene rings is 2. The van der Waals surface area contributed by atoms with Crippen LogP contribution in [0.1, 0.15) is 44.7 Å². The Balaban J connectivity index is 2.52. The summed E-state index contributed by atoms with van der Waals surface area (Å²) in [4.78, 5) is 28.2. The van der Waals surface area contributed by atoms with Crippen LogP contribution < -0.4 is 9.62 Å². The van der Waals surface area contributed by atoms with E-state index in [-0.39, 0.29) is 24.2 Å². The van der Waals surface area contributed by atoms with E-state index in [0.717, 1.165) is 16.1 Å². The lowest BCUT2D eigenvalue weighted by molar-refractivity contribution is -0.140. The number of amides is 2. The molecule has 0 aliphatic carbocycles. The summed E-state index contributed by atoms with van der Waals surface area (Å²) in [6.07, 6.45) is 2.02. The number of nitrogens with one attached hydrogen (secondary N) is 1. The Hall–Kier alpha value is -2.00. The molecular weight excluding hydrogens is 545 g/mol. The van der Waals surface area contributed by atoms with Gasteiger partial charge < -0.3 is 10.2 Å². The molecule has 36 heavy (non-hydrogen) atoms. The van der Waals surface area contributed by atoms with Crippen LogP contribution >= 0.6 is 34.8 Å². The van der Waals surface area contributed by atoms with Gasteiger partial charge in [-0.2, -0.15) is 0 Å². The van der Waals surface area contributed by atoms with Crippen LogP contribution in [0.3, 0.4) is 0 Å². The predicted octanol–water partition coefficient (Wildman–Crippen LogP) is 5.44. The molecule has 0 aliphatic rings. The number of hydrogen-bond acceptors (Lipinski definition) is 4. The molecule has 2 rings (SSSR count). The standard InChI is InChI=1S/C25H32Cl3N3O4S/c1-6-17(4)29-25(33)23(7-2)30(14-19-20(26)9-8-10-21(19)27)24(32)15-31(36(5,34)35)18-12-11-16(3)22(28)13-18/h8-13,17,23H,6-7,14-15H2,1-5H3,(H,29,33). The number of halogens is 3. The largest absolute Gasteiger partial charge is 0.352 e. The van der Waals surface area contributed by atoms with Gasteiger partial charge in [-0.05, 0) is 56.5 Å². The number of anilines is 1. The molecule has 0 fully saturated rings. The molecule has 198 valence electrons. The van der Waals surface area contributed by atoms with Gasteiger partial charge in [-0.25, -0.2) is 8.42 Å². The zero-order chi connectivity index (χ0) is 27.2. The van der Waals surface area contributed by atoms with Crippen LogP contribution in [0.4, 0.5) is 5.69 Å². The molecule has 0 bridgehead atoms. The molecule has 11 heteroatoms. The molecule has 2 unspecified atom stereocenters. The van der Waals surface area contributed by atoms with E-state index in [1.165, 1.54) is 11.0 Å². The molecule has 1 N–H and O–H groups in total. The van der Waals surface area contributed by atoms with Crippen LogP contribution in [-0.4, -0.2) is 50.0 Å². The highest BCUT2D eigenvalue weighted by Crippen LogP contribution is 2.28. The number of hydrogen-bond donors (Lipinski definition) is 1. The highest BCUT2D eigenvalue weighted by atomic mass is 35.5. The van der Waals surface area contributed by atoms with Gasteiger partial charge in [0.1, 0.15) is 12.6 Å². The summed E-state index contributed by atoms with van der Waals surface area (Å²) < 4.78 is 26.4. The minimum Gasteiger partial charge on any atom is -0.352 e. The second-order valence-electron chi connectivity index (χ2n) is 8.67. The molecule has 0 aliphatic heterocycles. The zero-order valence-electron chi connectivity index (χ0n) is 21.0. The smallest absolute Gasteiger partial charge is 0.244 e. The molecule has 7 nitrogen and oxygen atoms in total. The Morgan fingerprint density at radius 1 is 1.00 bits per heavy atom. The second kappa shape index (κ2) is 13.0. The maximum atomic E-state index is 13.7. The first-order valence-corrected chi connectivity index (χ1v) is 14.5. The Labute approximate surface area is 228 Å². The van der Waals surface area contributed by atoms with Gasteiger partial charge >= 0.3 is 0 Å².